The SMILES string of the molecule is CN1CCN(Cc2ccc(NC(=O)Nc3ccc(Oc4cc(NC(=O)C5CC5)ncn4)cc3)cc2C(F)(F)F)CC1. The highest BCUT2D eigenvalue weighted by Gasteiger charge is 2.34. The van der Waals surface area contributed by atoms with Crippen LogP contribution in [0.15, 0.2) is 54.9 Å². The minimum absolute atomic E-state index is 0.0322. The molecule has 1 saturated carbocycles. The fraction of sp³-hybridized carbons (Fsp3) is 0.357. The van der Waals surface area contributed by atoms with Gasteiger partial charge in [0.25, 0.3) is 0 Å². The second-order valence-electron chi connectivity index (χ2n) is 10.2. The van der Waals surface area contributed by atoms with Gasteiger partial charge in [0.1, 0.15) is 17.9 Å². The second-order valence-corrected chi connectivity index (χ2v) is 10.2. The molecule has 2 aliphatic rings. The number of urea groups is 1. The Balaban J connectivity index is 1.17. The van der Waals surface area contributed by atoms with Crippen molar-refractivity contribution in [1.29, 1.82) is 0 Å². The lowest BCUT2D eigenvalue weighted by atomic mass is 10.0. The number of rotatable bonds is 8. The van der Waals surface area contributed by atoms with Gasteiger partial charge in [0.2, 0.25) is 11.8 Å². The Bertz CT molecular complexity index is 1390. The topological polar surface area (TPSA) is 112 Å². The largest absolute Gasteiger partial charge is 0.439 e. The monoisotopic (exact) mass is 569 g/mol. The highest BCUT2D eigenvalue weighted by Crippen LogP contribution is 2.35. The van der Waals surface area contributed by atoms with Crippen molar-refractivity contribution in [1.82, 2.24) is 19.8 Å². The van der Waals surface area contributed by atoms with E-state index >= 15 is 0 Å². The van der Waals surface area contributed by atoms with Gasteiger partial charge in [-0.25, -0.2) is 14.8 Å². The summed E-state index contributed by atoms with van der Waals surface area (Å²) in [6.45, 7) is 3.18. The average Bonchev–Trinajstić information content (AvgIpc) is 3.78. The molecule has 2 fully saturated rings. The Morgan fingerprint density at radius 1 is 0.927 bits per heavy atom. The Kier molecular flexibility index (Phi) is 8.36. The molecular weight excluding hydrogens is 539 g/mol. The first-order valence-electron chi connectivity index (χ1n) is 13.2. The standard InChI is InChI=1S/C28H30F3N7O3/c1-37-10-12-38(13-11-37)16-19-4-5-21(14-23(19)28(29,30)31)35-27(40)34-20-6-8-22(9-7-20)41-25-15-24(32-17-33-25)36-26(39)18-2-3-18/h4-9,14-15,17-18H,2-3,10-13,16H2,1H3,(H2,34,35,40)(H,32,33,36,39). The lowest BCUT2D eigenvalue weighted by Crippen LogP contribution is -2.44. The molecule has 3 aromatic rings. The minimum Gasteiger partial charge on any atom is -0.439 e. The predicted octanol–water partition coefficient (Wildman–Crippen LogP) is 5.03. The number of nitrogens with one attached hydrogen (secondary N) is 3. The van der Waals surface area contributed by atoms with Gasteiger partial charge in [0.15, 0.2) is 0 Å². The molecule has 41 heavy (non-hydrogen) atoms. The summed E-state index contributed by atoms with van der Waals surface area (Å²) in [6.07, 6.45) is -1.53. The zero-order chi connectivity index (χ0) is 29.0. The molecule has 0 unspecified atom stereocenters. The third-order valence-corrected chi connectivity index (χ3v) is 6.84. The van der Waals surface area contributed by atoms with Crippen molar-refractivity contribution in [3.8, 4) is 11.6 Å². The third-order valence-electron chi connectivity index (χ3n) is 6.84. The van der Waals surface area contributed by atoms with E-state index in [9.17, 15) is 22.8 Å². The Hall–Kier alpha value is -4.23. The van der Waals surface area contributed by atoms with Gasteiger partial charge in [-0.1, -0.05) is 6.07 Å². The number of likely N-dealkylation sites (N-methyl/N-ethyl adjacent to an activating group) is 1. The number of hydrogen-bond donors (Lipinski definition) is 3. The molecule has 1 saturated heterocycles. The quantitative estimate of drug-likeness (QED) is 0.349. The molecule has 2 aromatic carbocycles. The van der Waals surface area contributed by atoms with Gasteiger partial charge in [-0.05, 0) is 61.9 Å². The number of alkyl halides is 3. The summed E-state index contributed by atoms with van der Waals surface area (Å²) in [7, 11) is 1.99. The highest BCUT2D eigenvalue weighted by molar-refractivity contribution is 5.99. The van der Waals surface area contributed by atoms with E-state index in [4.69, 9.17) is 4.74 Å². The summed E-state index contributed by atoms with van der Waals surface area (Å²) in [6, 6.07) is 11.0. The number of anilines is 3. The zero-order valence-electron chi connectivity index (χ0n) is 22.4. The van der Waals surface area contributed by atoms with Crippen molar-refractivity contribution < 1.29 is 27.5 Å². The van der Waals surface area contributed by atoms with Crippen molar-refractivity contribution >= 4 is 29.1 Å². The van der Waals surface area contributed by atoms with Crippen LogP contribution in [0.2, 0.25) is 0 Å². The van der Waals surface area contributed by atoms with Crippen molar-refractivity contribution in [2.45, 2.75) is 25.6 Å². The first-order chi connectivity index (χ1) is 19.6. The van der Waals surface area contributed by atoms with Gasteiger partial charge in [-0.15, -0.1) is 0 Å². The summed E-state index contributed by atoms with van der Waals surface area (Å²) >= 11 is 0. The molecule has 3 N–H and O–H groups in total. The number of piperazine rings is 1. The van der Waals surface area contributed by atoms with Crippen molar-refractivity contribution in [3.05, 3.63) is 66.0 Å². The van der Waals surface area contributed by atoms with Gasteiger partial charge in [0.05, 0.1) is 5.56 Å². The van der Waals surface area contributed by atoms with Crippen LogP contribution in [0.5, 0.6) is 11.6 Å². The maximum absolute atomic E-state index is 13.8. The maximum atomic E-state index is 13.8. The number of aromatic nitrogens is 2. The van der Waals surface area contributed by atoms with Crippen LogP contribution >= 0.6 is 0 Å². The molecule has 0 atom stereocenters. The summed E-state index contributed by atoms with van der Waals surface area (Å²) in [5, 5.41) is 7.80. The Morgan fingerprint density at radius 3 is 2.29 bits per heavy atom. The van der Waals surface area contributed by atoms with Crippen LogP contribution in [-0.2, 0) is 17.5 Å². The van der Waals surface area contributed by atoms with E-state index in [2.05, 4.69) is 30.8 Å². The van der Waals surface area contributed by atoms with Crippen LogP contribution in [-0.4, -0.2) is 64.9 Å². The van der Waals surface area contributed by atoms with Crippen molar-refractivity contribution in [3.63, 3.8) is 0 Å². The number of halogens is 3. The summed E-state index contributed by atoms with van der Waals surface area (Å²) < 4.78 is 47.2. The van der Waals surface area contributed by atoms with E-state index < -0.39 is 17.8 Å². The average molecular weight is 570 g/mol. The molecule has 1 aliphatic carbocycles. The lowest BCUT2D eigenvalue weighted by Gasteiger charge is -2.33. The number of carbonyl (C=O) groups is 2. The molecule has 1 aliphatic heterocycles. The Morgan fingerprint density at radius 2 is 1.61 bits per heavy atom. The van der Waals surface area contributed by atoms with Crippen molar-refractivity contribution in [2.75, 3.05) is 49.2 Å². The third kappa shape index (κ3) is 7.92. The maximum Gasteiger partial charge on any atom is 0.416 e. The lowest BCUT2D eigenvalue weighted by molar-refractivity contribution is -0.138. The molecule has 0 bridgehead atoms. The molecule has 1 aromatic heterocycles. The molecule has 216 valence electrons. The molecule has 10 nitrogen and oxygen atoms in total. The smallest absolute Gasteiger partial charge is 0.416 e. The Labute approximate surface area is 234 Å². The summed E-state index contributed by atoms with van der Waals surface area (Å²) in [5.41, 5.74) is -0.164. The zero-order valence-corrected chi connectivity index (χ0v) is 22.4. The number of ether oxygens (including phenoxy) is 1. The van der Waals surface area contributed by atoms with Crippen LogP contribution in [0.25, 0.3) is 0 Å². The van der Waals surface area contributed by atoms with E-state index in [1.807, 2.05) is 11.9 Å². The van der Waals surface area contributed by atoms with Gasteiger partial charge in [-0.2, -0.15) is 13.2 Å². The molecule has 0 spiro atoms. The predicted molar refractivity (Wildman–Crippen MR) is 147 cm³/mol. The second kappa shape index (κ2) is 12.1. The number of nitrogens with zero attached hydrogens (tertiary/aromatic N) is 4. The molecule has 0 radical (unpaired) electrons. The summed E-state index contributed by atoms with van der Waals surface area (Å²) in [4.78, 5) is 36.7. The van der Waals surface area contributed by atoms with Crippen LogP contribution in [0.3, 0.4) is 0 Å². The van der Waals surface area contributed by atoms with Gasteiger partial charge in [0, 0.05) is 56.1 Å². The number of hydrogen-bond acceptors (Lipinski definition) is 7. The van der Waals surface area contributed by atoms with E-state index in [1.54, 1.807) is 24.3 Å². The number of benzene rings is 2. The minimum atomic E-state index is -4.56. The van der Waals surface area contributed by atoms with E-state index in [1.165, 1.54) is 24.5 Å². The first-order valence-corrected chi connectivity index (χ1v) is 13.2. The fourth-order valence-electron chi connectivity index (χ4n) is 4.36. The molecule has 2 heterocycles. The number of amides is 3. The highest BCUT2D eigenvalue weighted by atomic mass is 19.4. The van der Waals surface area contributed by atoms with Crippen LogP contribution in [0, 0.1) is 5.92 Å². The normalized spacial score (nSPS) is 16.2. The molecular formula is C28H30F3N7O3. The molecule has 3 amide bonds. The van der Waals surface area contributed by atoms with E-state index in [0.29, 0.717) is 30.3 Å². The van der Waals surface area contributed by atoms with Crippen LogP contribution in [0.4, 0.5) is 35.2 Å². The molecule has 13 heteroatoms. The fourth-order valence-corrected chi connectivity index (χ4v) is 4.36. The van der Waals surface area contributed by atoms with Crippen LogP contribution < -0.4 is 20.7 Å². The first kappa shape index (κ1) is 28.3. The summed E-state index contributed by atoms with van der Waals surface area (Å²) in [5.74, 6) is 0.924. The number of carbonyl (C=O) groups excluding carboxylic acids is 2. The van der Waals surface area contributed by atoms with E-state index in [0.717, 1.165) is 32.0 Å². The van der Waals surface area contributed by atoms with Gasteiger partial charge in [-0.3, -0.25) is 9.69 Å². The van der Waals surface area contributed by atoms with Crippen LogP contribution in [0.1, 0.15) is 24.0 Å². The van der Waals surface area contributed by atoms with Gasteiger partial charge >= 0.3 is 12.2 Å². The molecule has 5 rings (SSSR count). The van der Waals surface area contributed by atoms with Crippen molar-refractivity contribution in [2.24, 2.45) is 5.92 Å². The van der Waals surface area contributed by atoms with Gasteiger partial charge < -0.3 is 25.6 Å². The van der Waals surface area contributed by atoms with E-state index in [-0.39, 0.29) is 35.5 Å².